The number of ether oxygens (including phenoxy) is 1. The quantitative estimate of drug-likeness (QED) is 0.838. The minimum Gasteiger partial charge on any atom is -0.479 e. The molecule has 2 rings (SSSR count). The first kappa shape index (κ1) is 14.9. The van der Waals surface area contributed by atoms with Crippen molar-refractivity contribution in [2.24, 2.45) is 5.41 Å². The minimum atomic E-state index is -1.33. The minimum absolute atomic E-state index is 0.191. The molecule has 1 amide bonds. The third kappa shape index (κ3) is 2.08. The van der Waals surface area contributed by atoms with Crippen LogP contribution in [0.5, 0.6) is 0 Å². The van der Waals surface area contributed by atoms with Crippen LogP contribution >= 0.6 is 11.5 Å². The van der Waals surface area contributed by atoms with Crippen LogP contribution in [0.3, 0.4) is 0 Å². The van der Waals surface area contributed by atoms with Gasteiger partial charge in [-0.2, -0.15) is 0 Å². The van der Waals surface area contributed by atoms with E-state index in [2.05, 4.69) is 14.9 Å². The van der Waals surface area contributed by atoms with Crippen molar-refractivity contribution in [3.8, 4) is 0 Å². The first-order valence-electron chi connectivity index (χ1n) is 6.30. The third-order valence-electron chi connectivity index (χ3n) is 4.04. The smallest absolute Gasteiger partial charge is 0.330 e. The van der Waals surface area contributed by atoms with Crippen LogP contribution in [0, 0.1) is 5.41 Å². The second-order valence-corrected chi connectivity index (χ2v) is 6.10. The van der Waals surface area contributed by atoms with Gasteiger partial charge in [0.15, 0.2) is 0 Å². The van der Waals surface area contributed by atoms with Gasteiger partial charge >= 0.3 is 5.97 Å². The van der Waals surface area contributed by atoms with Gasteiger partial charge in [0.25, 0.3) is 5.91 Å². The van der Waals surface area contributed by atoms with E-state index < -0.39 is 22.8 Å². The molecule has 20 heavy (non-hydrogen) atoms. The van der Waals surface area contributed by atoms with E-state index >= 15 is 0 Å². The predicted molar refractivity (Wildman–Crippen MR) is 71.6 cm³/mol. The summed E-state index contributed by atoms with van der Waals surface area (Å²) >= 11 is 0.932. The summed E-state index contributed by atoms with van der Waals surface area (Å²) in [7, 11) is 0. The highest BCUT2D eigenvalue weighted by molar-refractivity contribution is 7.07. The topological polar surface area (TPSA) is 101 Å². The van der Waals surface area contributed by atoms with Crippen molar-refractivity contribution in [3.05, 3.63) is 11.1 Å². The van der Waals surface area contributed by atoms with Crippen molar-refractivity contribution in [2.45, 2.75) is 38.8 Å². The molecule has 1 aliphatic rings. The summed E-state index contributed by atoms with van der Waals surface area (Å²) in [5, 5.41) is 15.8. The van der Waals surface area contributed by atoms with Gasteiger partial charge in [-0.05, 0) is 18.5 Å². The van der Waals surface area contributed by atoms with Crippen LogP contribution in [0.1, 0.15) is 36.9 Å². The Kier molecular flexibility index (Phi) is 3.79. The van der Waals surface area contributed by atoms with E-state index in [1.807, 2.05) is 6.92 Å². The molecule has 1 saturated carbocycles. The molecule has 8 heteroatoms. The number of rotatable bonds is 5. The zero-order valence-electron chi connectivity index (χ0n) is 11.5. The van der Waals surface area contributed by atoms with Crippen LogP contribution in [0.4, 0.5) is 0 Å². The van der Waals surface area contributed by atoms with Gasteiger partial charge in [-0.25, -0.2) is 4.79 Å². The average Bonchev–Trinajstić information content (AvgIpc) is 2.90. The van der Waals surface area contributed by atoms with Gasteiger partial charge < -0.3 is 15.2 Å². The molecule has 7 nitrogen and oxygen atoms in total. The van der Waals surface area contributed by atoms with E-state index in [0.717, 1.165) is 11.5 Å². The fraction of sp³-hybridized carbons (Fsp3) is 0.667. The Balaban J connectivity index is 2.21. The predicted octanol–water partition coefficient (Wildman–Crippen LogP) is 0.926. The van der Waals surface area contributed by atoms with E-state index in [-0.39, 0.29) is 12.5 Å². The van der Waals surface area contributed by atoms with Crippen LogP contribution < -0.4 is 5.32 Å². The first-order chi connectivity index (χ1) is 9.35. The normalized spacial score (nSPS) is 27.6. The number of aliphatic carboxylic acids is 1. The number of aromatic nitrogens is 2. The summed E-state index contributed by atoms with van der Waals surface area (Å²) in [5.74, 6) is -1.52. The molecule has 0 aliphatic heterocycles. The van der Waals surface area contributed by atoms with Crippen LogP contribution in [-0.4, -0.2) is 44.8 Å². The Morgan fingerprint density at radius 3 is 2.75 bits per heavy atom. The zero-order valence-corrected chi connectivity index (χ0v) is 12.4. The van der Waals surface area contributed by atoms with Crippen molar-refractivity contribution in [2.75, 3.05) is 6.61 Å². The van der Waals surface area contributed by atoms with Crippen LogP contribution in [0.15, 0.2) is 6.20 Å². The SMILES string of the molecule is CCOC1CC(NC(=O)c2cnns2)(C(=O)O)C1(C)C. The fourth-order valence-electron chi connectivity index (χ4n) is 2.56. The standard InChI is InChI=1S/C12H17N3O4S/c1-4-19-8-5-12(10(17)18,11(8,2)3)14-9(16)7-6-13-15-20-7/h6,8H,4-5H2,1-3H3,(H,14,16)(H,17,18). The molecular formula is C12H17N3O4S. The van der Waals surface area contributed by atoms with Crippen LogP contribution in [0.25, 0.3) is 0 Å². The maximum Gasteiger partial charge on any atom is 0.330 e. The molecule has 110 valence electrons. The Hall–Kier alpha value is -1.54. The van der Waals surface area contributed by atoms with Crippen LogP contribution in [0.2, 0.25) is 0 Å². The highest BCUT2D eigenvalue weighted by atomic mass is 32.1. The number of hydrogen-bond acceptors (Lipinski definition) is 6. The molecule has 2 unspecified atom stereocenters. The maximum absolute atomic E-state index is 12.1. The van der Waals surface area contributed by atoms with Gasteiger partial charge in [-0.3, -0.25) is 4.79 Å². The molecule has 0 bridgehead atoms. The Morgan fingerprint density at radius 2 is 2.30 bits per heavy atom. The summed E-state index contributed by atoms with van der Waals surface area (Å²) in [4.78, 5) is 24.1. The lowest BCUT2D eigenvalue weighted by Gasteiger charge is -2.58. The molecule has 1 heterocycles. The molecule has 2 N–H and O–H groups in total. The van der Waals surface area contributed by atoms with E-state index in [4.69, 9.17) is 4.74 Å². The Morgan fingerprint density at radius 1 is 1.60 bits per heavy atom. The summed E-state index contributed by atoms with van der Waals surface area (Å²) in [6.07, 6.45) is 1.38. The summed E-state index contributed by atoms with van der Waals surface area (Å²) in [6, 6.07) is 0. The molecule has 0 spiro atoms. The van der Waals surface area contributed by atoms with Crippen molar-refractivity contribution in [1.29, 1.82) is 0 Å². The number of hydrogen-bond donors (Lipinski definition) is 2. The number of carboxylic acids is 1. The Labute approximate surface area is 120 Å². The second kappa shape index (κ2) is 5.10. The number of nitrogens with one attached hydrogen (secondary N) is 1. The lowest BCUT2D eigenvalue weighted by atomic mass is 9.54. The second-order valence-electron chi connectivity index (χ2n) is 5.32. The van der Waals surface area contributed by atoms with E-state index in [0.29, 0.717) is 11.5 Å². The van der Waals surface area contributed by atoms with Gasteiger partial charge in [0.2, 0.25) is 0 Å². The van der Waals surface area contributed by atoms with E-state index in [1.54, 1.807) is 13.8 Å². The van der Waals surface area contributed by atoms with E-state index in [1.165, 1.54) is 6.20 Å². The van der Waals surface area contributed by atoms with Gasteiger partial charge in [0, 0.05) is 18.4 Å². The molecule has 1 aliphatic carbocycles. The molecule has 1 aromatic rings. The summed E-state index contributed by atoms with van der Waals surface area (Å²) < 4.78 is 9.14. The molecule has 1 aromatic heterocycles. The lowest BCUT2D eigenvalue weighted by molar-refractivity contribution is -0.190. The lowest BCUT2D eigenvalue weighted by Crippen LogP contribution is -2.76. The van der Waals surface area contributed by atoms with Gasteiger partial charge in [-0.1, -0.05) is 18.3 Å². The van der Waals surface area contributed by atoms with Crippen molar-refractivity contribution in [1.82, 2.24) is 14.9 Å². The van der Waals surface area contributed by atoms with Crippen molar-refractivity contribution in [3.63, 3.8) is 0 Å². The number of carbonyl (C=O) groups excluding carboxylic acids is 1. The largest absolute Gasteiger partial charge is 0.479 e. The van der Waals surface area contributed by atoms with Crippen molar-refractivity contribution < 1.29 is 19.4 Å². The summed E-state index contributed by atoms with van der Waals surface area (Å²) in [5.41, 5.74) is -2.02. The van der Waals surface area contributed by atoms with E-state index in [9.17, 15) is 14.7 Å². The number of nitrogens with zero attached hydrogens (tertiary/aromatic N) is 2. The molecule has 0 saturated heterocycles. The summed E-state index contributed by atoms with van der Waals surface area (Å²) in [6.45, 7) is 5.95. The van der Waals surface area contributed by atoms with Gasteiger partial charge in [0.05, 0.1) is 12.3 Å². The average molecular weight is 299 g/mol. The Bertz CT molecular complexity index is 517. The molecular weight excluding hydrogens is 282 g/mol. The highest BCUT2D eigenvalue weighted by Crippen LogP contribution is 2.51. The molecule has 1 fully saturated rings. The van der Waals surface area contributed by atoms with Crippen molar-refractivity contribution >= 4 is 23.4 Å². The van der Waals surface area contributed by atoms with Crippen LogP contribution in [-0.2, 0) is 9.53 Å². The number of carboxylic acid groups (broad SMARTS) is 1. The third-order valence-corrected chi connectivity index (χ3v) is 4.70. The number of amides is 1. The zero-order chi connectivity index (χ0) is 15.0. The molecule has 0 aromatic carbocycles. The fourth-order valence-corrected chi connectivity index (χ4v) is 2.97. The molecule has 2 atom stereocenters. The number of carbonyl (C=O) groups is 2. The highest BCUT2D eigenvalue weighted by Gasteiger charge is 2.66. The van der Waals surface area contributed by atoms with Gasteiger partial charge in [-0.15, -0.1) is 5.10 Å². The maximum atomic E-state index is 12.1. The monoisotopic (exact) mass is 299 g/mol. The first-order valence-corrected chi connectivity index (χ1v) is 7.07. The van der Waals surface area contributed by atoms with Gasteiger partial charge in [0.1, 0.15) is 10.4 Å². The molecule has 0 radical (unpaired) electrons.